The van der Waals surface area contributed by atoms with Crippen LogP contribution in [0.5, 0.6) is 0 Å². The Hall–Kier alpha value is -3.67. The van der Waals surface area contributed by atoms with Crippen LogP contribution in [0.25, 0.3) is 10.8 Å². The Morgan fingerprint density at radius 1 is 0.852 bits per heavy atom. The van der Waals surface area contributed by atoms with Crippen molar-refractivity contribution in [2.24, 2.45) is 0 Å². The SMILES string of the molecule is COC(=O)c1ccc(NC(=O)COC(=O)c2cccc3ccccc23)cc1. The normalized spacial score (nSPS) is 10.3. The Morgan fingerprint density at radius 3 is 2.30 bits per heavy atom. The Labute approximate surface area is 155 Å². The topological polar surface area (TPSA) is 81.7 Å². The average molecular weight is 363 g/mol. The molecule has 0 unspecified atom stereocenters. The van der Waals surface area contributed by atoms with Crippen LogP contribution in [0.4, 0.5) is 5.69 Å². The predicted molar refractivity (Wildman–Crippen MR) is 101 cm³/mol. The third kappa shape index (κ3) is 4.30. The fourth-order valence-corrected chi connectivity index (χ4v) is 2.62. The Balaban J connectivity index is 1.60. The molecule has 6 nitrogen and oxygen atoms in total. The van der Waals surface area contributed by atoms with Crippen LogP contribution >= 0.6 is 0 Å². The summed E-state index contributed by atoms with van der Waals surface area (Å²) in [6.07, 6.45) is 0. The molecule has 0 saturated carbocycles. The molecule has 0 spiro atoms. The lowest BCUT2D eigenvalue weighted by molar-refractivity contribution is -0.119. The minimum Gasteiger partial charge on any atom is -0.465 e. The van der Waals surface area contributed by atoms with Crippen molar-refractivity contribution in [1.82, 2.24) is 0 Å². The lowest BCUT2D eigenvalue weighted by Gasteiger charge is -2.09. The molecule has 1 N–H and O–H groups in total. The molecule has 0 aliphatic carbocycles. The Bertz CT molecular complexity index is 990. The third-order valence-corrected chi connectivity index (χ3v) is 3.93. The van der Waals surface area contributed by atoms with Crippen molar-refractivity contribution in [2.45, 2.75) is 0 Å². The van der Waals surface area contributed by atoms with E-state index in [9.17, 15) is 14.4 Å². The lowest BCUT2D eigenvalue weighted by atomic mass is 10.1. The summed E-state index contributed by atoms with van der Waals surface area (Å²) in [6, 6.07) is 19.0. The van der Waals surface area contributed by atoms with E-state index < -0.39 is 24.5 Å². The van der Waals surface area contributed by atoms with Crippen LogP contribution in [0.15, 0.2) is 66.7 Å². The molecule has 0 aliphatic heterocycles. The monoisotopic (exact) mass is 363 g/mol. The molecule has 27 heavy (non-hydrogen) atoms. The van der Waals surface area contributed by atoms with Crippen LogP contribution in [-0.4, -0.2) is 31.6 Å². The first kappa shape index (κ1) is 18.1. The number of ether oxygens (including phenoxy) is 2. The van der Waals surface area contributed by atoms with Gasteiger partial charge in [0.05, 0.1) is 18.2 Å². The van der Waals surface area contributed by atoms with E-state index >= 15 is 0 Å². The summed E-state index contributed by atoms with van der Waals surface area (Å²) in [4.78, 5) is 35.7. The van der Waals surface area contributed by atoms with E-state index in [-0.39, 0.29) is 0 Å². The van der Waals surface area contributed by atoms with Crippen molar-refractivity contribution >= 4 is 34.3 Å². The molecule has 0 fully saturated rings. The summed E-state index contributed by atoms with van der Waals surface area (Å²) in [5, 5.41) is 4.29. The number of nitrogens with one attached hydrogen (secondary N) is 1. The molecule has 0 radical (unpaired) electrons. The second-order valence-electron chi connectivity index (χ2n) is 5.72. The maximum atomic E-state index is 12.3. The second kappa shape index (κ2) is 8.14. The fraction of sp³-hybridized carbons (Fsp3) is 0.0952. The summed E-state index contributed by atoms with van der Waals surface area (Å²) in [5.74, 6) is -1.51. The van der Waals surface area contributed by atoms with Gasteiger partial charge in [-0.05, 0) is 41.1 Å². The van der Waals surface area contributed by atoms with Crippen molar-refractivity contribution in [3.8, 4) is 0 Å². The molecule has 6 heteroatoms. The third-order valence-electron chi connectivity index (χ3n) is 3.93. The molecule has 0 aromatic heterocycles. The molecule has 3 aromatic carbocycles. The standard InChI is InChI=1S/C21H17NO5/c1-26-20(24)15-9-11-16(12-10-15)22-19(23)13-27-21(25)18-8-4-6-14-5-2-3-7-17(14)18/h2-12H,13H2,1H3,(H,22,23). The first-order valence-corrected chi connectivity index (χ1v) is 8.21. The quantitative estimate of drug-likeness (QED) is 0.703. The van der Waals surface area contributed by atoms with Gasteiger partial charge < -0.3 is 14.8 Å². The zero-order valence-corrected chi connectivity index (χ0v) is 14.6. The summed E-state index contributed by atoms with van der Waals surface area (Å²) < 4.78 is 9.74. The number of hydrogen-bond donors (Lipinski definition) is 1. The van der Waals surface area contributed by atoms with Gasteiger partial charge in [0, 0.05) is 5.69 Å². The largest absolute Gasteiger partial charge is 0.465 e. The average Bonchev–Trinajstić information content (AvgIpc) is 2.71. The van der Waals surface area contributed by atoms with Gasteiger partial charge in [-0.3, -0.25) is 4.79 Å². The van der Waals surface area contributed by atoms with E-state index in [1.165, 1.54) is 19.2 Å². The van der Waals surface area contributed by atoms with Crippen molar-refractivity contribution in [3.05, 3.63) is 77.9 Å². The zero-order valence-electron chi connectivity index (χ0n) is 14.6. The van der Waals surface area contributed by atoms with Crippen LogP contribution in [0.1, 0.15) is 20.7 Å². The van der Waals surface area contributed by atoms with Crippen LogP contribution in [0.2, 0.25) is 0 Å². The van der Waals surface area contributed by atoms with Crippen molar-refractivity contribution < 1.29 is 23.9 Å². The van der Waals surface area contributed by atoms with Crippen LogP contribution in [0.3, 0.4) is 0 Å². The van der Waals surface area contributed by atoms with Crippen molar-refractivity contribution in [3.63, 3.8) is 0 Å². The molecule has 0 heterocycles. The number of rotatable bonds is 5. The number of carbonyl (C=O) groups is 3. The van der Waals surface area contributed by atoms with Gasteiger partial charge in [-0.15, -0.1) is 0 Å². The number of esters is 2. The van der Waals surface area contributed by atoms with Crippen LogP contribution in [0, 0.1) is 0 Å². The van der Waals surface area contributed by atoms with Crippen LogP contribution in [-0.2, 0) is 14.3 Å². The van der Waals surface area contributed by atoms with E-state index in [0.29, 0.717) is 16.8 Å². The summed E-state index contributed by atoms with van der Waals surface area (Å²) in [5.41, 5.74) is 1.26. The maximum Gasteiger partial charge on any atom is 0.339 e. The smallest absolute Gasteiger partial charge is 0.339 e. The molecular weight excluding hydrogens is 346 g/mol. The van der Waals surface area contributed by atoms with Crippen LogP contribution < -0.4 is 5.32 Å². The highest BCUT2D eigenvalue weighted by Gasteiger charge is 2.13. The highest BCUT2D eigenvalue weighted by Crippen LogP contribution is 2.19. The van der Waals surface area contributed by atoms with Gasteiger partial charge in [0.25, 0.3) is 5.91 Å². The molecule has 0 saturated heterocycles. The fourth-order valence-electron chi connectivity index (χ4n) is 2.62. The van der Waals surface area contributed by atoms with E-state index in [1.807, 2.05) is 30.3 Å². The number of hydrogen-bond acceptors (Lipinski definition) is 5. The van der Waals surface area contributed by atoms with E-state index in [1.54, 1.807) is 24.3 Å². The lowest BCUT2D eigenvalue weighted by Crippen LogP contribution is -2.21. The van der Waals surface area contributed by atoms with Gasteiger partial charge in [-0.1, -0.05) is 36.4 Å². The van der Waals surface area contributed by atoms with E-state index in [4.69, 9.17) is 4.74 Å². The van der Waals surface area contributed by atoms with E-state index in [2.05, 4.69) is 10.1 Å². The Kier molecular flexibility index (Phi) is 5.47. The summed E-state index contributed by atoms with van der Waals surface area (Å²) in [7, 11) is 1.29. The zero-order chi connectivity index (χ0) is 19.2. The minimum absolute atomic E-state index is 0.373. The highest BCUT2D eigenvalue weighted by molar-refractivity contribution is 6.05. The number of carbonyl (C=O) groups excluding carboxylic acids is 3. The van der Waals surface area contributed by atoms with Gasteiger partial charge in [-0.2, -0.15) is 0 Å². The minimum atomic E-state index is -0.567. The van der Waals surface area contributed by atoms with Gasteiger partial charge >= 0.3 is 11.9 Å². The molecule has 0 bridgehead atoms. The molecule has 1 amide bonds. The predicted octanol–water partition coefficient (Wildman–Crippen LogP) is 3.42. The number of methoxy groups -OCH3 is 1. The number of amides is 1. The van der Waals surface area contributed by atoms with Gasteiger partial charge in [0.15, 0.2) is 6.61 Å². The summed E-state index contributed by atoms with van der Waals surface area (Å²) >= 11 is 0. The number of anilines is 1. The molecule has 0 atom stereocenters. The Morgan fingerprint density at radius 2 is 1.56 bits per heavy atom. The number of fused-ring (bicyclic) bond motifs is 1. The molecular formula is C21H17NO5. The van der Waals surface area contributed by atoms with Crippen molar-refractivity contribution in [2.75, 3.05) is 19.0 Å². The first-order chi connectivity index (χ1) is 13.1. The summed E-state index contributed by atoms with van der Waals surface area (Å²) in [6.45, 7) is -0.416. The second-order valence-corrected chi connectivity index (χ2v) is 5.72. The molecule has 136 valence electrons. The van der Waals surface area contributed by atoms with E-state index in [0.717, 1.165) is 10.8 Å². The highest BCUT2D eigenvalue weighted by atomic mass is 16.5. The van der Waals surface area contributed by atoms with Gasteiger partial charge in [0.2, 0.25) is 0 Å². The first-order valence-electron chi connectivity index (χ1n) is 8.21. The van der Waals surface area contributed by atoms with Crippen molar-refractivity contribution in [1.29, 1.82) is 0 Å². The molecule has 0 aliphatic rings. The number of benzene rings is 3. The maximum absolute atomic E-state index is 12.3. The molecule has 3 aromatic rings. The van der Waals surface area contributed by atoms with Gasteiger partial charge in [-0.25, -0.2) is 9.59 Å². The van der Waals surface area contributed by atoms with Gasteiger partial charge in [0.1, 0.15) is 0 Å². The molecule has 3 rings (SSSR count).